The standard InChI is InChI=1S/C25H21F2N3O3S2/c1-25(35(31,32)30-14-11-16-5-3-4-6-21(16)30)12-9-22(34-2)23(24(25)27)33-17-7-8-19(26)18(15-17)20-10-13-28-29-20/h3-11,13-15H,12H2,1-2H3,(H,28,29). The maximum atomic E-state index is 16.2. The van der Waals surface area contributed by atoms with Crippen molar-refractivity contribution in [2.75, 3.05) is 6.26 Å². The number of hydrogen-bond acceptors (Lipinski definition) is 5. The summed E-state index contributed by atoms with van der Waals surface area (Å²) < 4.78 is 63.3. The van der Waals surface area contributed by atoms with Gasteiger partial charge in [-0.1, -0.05) is 24.3 Å². The maximum absolute atomic E-state index is 16.2. The molecule has 0 saturated heterocycles. The van der Waals surface area contributed by atoms with Gasteiger partial charge in [0.1, 0.15) is 16.3 Å². The van der Waals surface area contributed by atoms with Gasteiger partial charge in [0.15, 0.2) is 11.6 Å². The molecule has 2 aromatic heterocycles. The van der Waals surface area contributed by atoms with Gasteiger partial charge in [-0.05, 0) is 56.0 Å². The third kappa shape index (κ3) is 3.77. The van der Waals surface area contributed by atoms with E-state index < -0.39 is 26.4 Å². The molecule has 1 aliphatic rings. The quantitative estimate of drug-likeness (QED) is 0.341. The van der Waals surface area contributed by atoms with Gasteiger partial charge >= 0.3 is 0 Å². The van der Waals surface area contributed by atoms with E-state index in [0.717, 1.165) is 9.36 Å². The number of allylic oxidation sites excluding steroid dienone is 1. The van der Waals surface area contributed by atoms with E-state index in [1.54, 1.807) is 42.7 Å². The Morgan fingerprint density at radius 1 is 1.14 bits per heavy atom. The topological polar surface area (TPSA) is 77.0 Å². The summed E-state index contributed by atoms with van der Waals surface area (Å²) in [6.07, 6.45) is 6.26. The maximum Gasteiger partial charge on any atom is 0.251 e. The molecule has 0 aliphatic heterocycles. The average molecular weight is 514 g/mol. The minimum Gasteiger partial charge on any atom is -0.453 e. The molecule has 0 radical (unpaired) electrons. The van der Waals surface area contributed by atoms with Gasteiger partial charge in [-0.25, -0.2) is 21.2 Å². The molecule has 1 unspecified atom stereocenters. The molecule has 180 valence electrons. The van der Waals surface area contributed by atoms with Gasteiger partial charge in [0.25, 0.3) is 10.0 Å². The summed E-state index contributed by atoms with van der Waals surface area (Å²) in [7, 11) is -4.22. The number of hydrogen-bond donors (Lipinski definition) is 1. The van der Waals surface area contributed by atoms with Crippen LogP contribution in [0.25, 0.3) is 22.2 Å². The first-order valence-electron chi connectivity index (χ1n) is 10.7. The van der Waals surface area contributed by atoms with Crippen molar-refractivity contribution < 1.29 is 21.9 Å². The fraction of sp³-hybridized carbons (Fsp3) is 0.160. The molecule has 4 aromatic rings. The monoisotopic (exact) mass is 513 g/mol. The molecular formula is C25H21F2N3O3S2. The first-order valence-corrected chi connectivity index (χ1v) is 13.4. The molecular weight excluding hydrogens is 492 g/mol. The Bertz CT molecular complexity index is 1590. The van der Waals surface area contributed by atoms with Crippen LogP contribution in [0, 0.1) is 5.82 Å². The van der Waals surface area contributed by atoms with E-state index in [1.165, 1.54) is 49.3 Å². The molecule has 0 amide bonds. The number of aromatic nitrogens is 3. The molecule has 10 heteroatoms. The molecule has 0 spiro atoms. The number of ether oxygens (including phenoxy) is 1. The van der Waals surface area contributed by atoms with Gasteiger partial charge in [-0.15, -0.1) is 11.8 Å². The van der Waals surface area contributed by atoms with Crippen molar-refractivity contribution in [2.45, 2.75) is 18.1 Å². The van der Waals surface area contributed by atoms with Crippen molar-refractivity contribution in [1.82, 2.24) is 14.2 Å². The highest BCUT2D eigenvalue weighted by atomic mass is 32.2. The summed E-state index contributed by atoms with van der Waals surface area (Å²) in [6.45, 7) is 1.35. The van der Waals surface area contributed by atoms with Crippen molar-refractivity contribution >= 4 is 32.7 Å². The van der Waals surface area contributed by atoms with Crippen molar-refractivity contribution in [3.8, 4) is 17.0 Å². The van der Waals surface area contributed by atoms with Crippen molar-refractivity contribution in [3.63, 3.8) is 0 Å². The number of nitrogens with one attached hydrogen (secondary N) is 1. The third-order valence-corrected chi connectivity index (χ3v) is 9.24. The van der Waals surface area contributed by atoms with E-state index >= 15 is 4.39 Å². The van der Waals surface area contributed by atoms with Crippen molar-refractivity contribution in [3.05, 3.63) is 95.4 Å². The van der Waals surface area contributed by atoms with E-state index in [4.69, 9.17) is 4.74 Å². The van der Waals surface area contributed by atoms with Crippen LogP contribution in [0.2, 0.25) is 0 Å². The average Bonchev–Trinajstić information content (AvgIpc) is 3.54. The zero-order chi connectivity index (χ0) is 24.8. The van der Waals surface area contributed by atoms with Crippen molar-refractivity contribution in [2.24, 2.45) is 0 Å². The zero-order valence-electron chi connectivity index (χ0n) is 18.8. The van der Waals surface area contributed by atoms with Crippen LogP contribution in [0.4, 0.5) is 8.78 Å². The minimum atomic E-state index is -4.22. The highest BCUT2D eigenvalue weighted by Gasteiger charge is 2.49. The SMILES string of the molecule is CSC1=CCC(C)(S(=O)(=O)n2ccc3ccccc32)C(F)=C1Oc1ccc(F)c(-c2ccn[nH]2)c1. The summed E-state index contributed by atoms with van der Waals surface area (Å²) in [5, 5.41) is 7.25. The Kier molecular flexibility index (Phi) is 5.80. The number of rotatable bonds is 6. The van der Waals surface area contributed by atoms with Gasteiger partial charge in [-0.2, -0.15) is 5.10 Å². The van der Waals surface area contributed by atoms with Crippen LogP contribution in [-0.4, -0.2) is 33.6 Å². The first-order chi connectivity index (χ1) is 16.8. The molecule has 0 fully saturated rings. The number of H-pyrrole nitrogens is 1. The van der Waals surface area contributed by atoms with E-state index in [0.29, 0.717) is 16.1 Å². The summed E-state index contributed by atoms with van der Waals surface area (Å²) >= 11 is 1.24. The van der Waals surface area contributed by atoms with Gasteiger partial charge in [-0.3, -0.25) is 5.10 Å². The molecule has 1 atom stereocenters. The van der Waals surface area contributed by atoms with Gasteiger partial charge in [0.05, 0.1) is 11.2 Å². The predicted molar refractivity (Wildman–Crippen MR) is 134 cm³/mol. The number of fused-ring (bicyclic) bond motifs is 1. The highest BCUT2D eigenvalue weighted by Crippen LogP contribution is 2.44. The Morgan fingerprint density at radius 2 is 1.94 bits per heavy atom. The summed E-state index contributed by atoms with van der Waals surface area (Å²) in [5.74, 6) is -1.45. The lowest BCUT2D eigenvalue weighted by Gasteiger charge is -2.32. The molecule has 5 rings (SSSR count). The lowest BCUT2D eigenvalue weighted by Crippen LogP contribution is -2.42. The summed E-state index contributed by atoms with van der Waals surface area (Å²) in [6, 6.07) is 14.3. The number of aromatic amines is 1. The van der Waals surface area contributed by atoms with Gasteiger partial charge in [0.2, 0.25) is 0 Å². The minimum absolute atomic E-state index is 0.0699. The summed E-state index contributed by atoms with van der Waals surface area (Å²) in [4.78, 5) is 0.458. The van der Waals surface area contributed by atoms with E-state index in [9.17, 15) is 12.8 Å². The number of nitrogens with zero attached hydrogens (tertiary/aromatic N) is 2. The highest BCUT2D eigenvalue weighted by molar-refractivity contribution is 8.02. The van der Waals surface area contributed by atoms with Crippen LogP contribution >= 0.6 is 11.8 Å². The summed E-state index contributed by atoms with van der Waals surface area (Å²) in [5.41, 5.74) is 1.09. The number of halogens is 2. The lowest BCUT2D eigenvalue weighted by atomic mass is 9.99. The van der Waals surface area contributed by atoms with Crippen LogP contribution in [0.15, 0.2) is 89.6 Å². The molecule has 2 aromatic carbocycles. The zero-order valence-corrected chi connectivity index (χ0v) is 20.5. The molecule has 0 bridgehead atoms. The van der Waals surface area contributed by atoms with Crippen LogP contribution in [-0.2, 0) is 10.0 Å². The lowest BCUT2D eigenvalue weighted by molar-refractivity contribution is 0.374. The number of para-hydroxylation sites is 1. The van der Waals surface area contributed by atoms with Gasteiger partial charge < -0.3 is 4.74 Å². The second-order valence-corrected chi connectivity index (χ2v) is 11.3. The van der Waals surface area contributed by atoms with Crippen LogP contribution in [0.1, 0.15) is 13.3 Å². The normalized spacial score (nSPS) is 18.7. The Labute approximate surface area is 205 Å². The van der Waals surface area contributed by atoms with Crippen LogP contribution in [0.5, 0.6) is 5.75 Å². The fourth-order valence-corrected chi connectivity index (χ4v) is 6.35. The van der Waals surface area contributed by atoms with Crippen LogP contribution in [0.3, 0.4) is 0 Å². The van der Waals surface area contributed by atoms with E-state index in [-0.39, 0.29) is 23.5 Å². The molecule has 2 heterocycles. The second kappa shape index (κ2) is 8.69. The molecule has 1 N–H and O–H groups in total. The third-order valence-electron chi connectivity index (χ3n) is 6.12. The van der Waals surface area contributed by atoms with E-state index in [1.807, 2.05) is 6.07 Å². The van der Waals surface area contributed by atoms with E-state index in [2.05, 4.69) is 10.2 Å². The predicted octanol–water partition coefficient (Wildman–Crippen LogP) is 6.02. The molecule has 6 nitrogen and oxygen atoms in total. The largest absolute Gasteiger partial charge is 0.453 e. The molecule has 1 aliphatic carbocycles. The molecule has 35 heavy (non-hydrogen) atoms. The first kappa shape index (κ1) is 23.4. The van der Waals surface area contributed by atoms with Gasteiger partial charge in [0, 0.05) is 28.2 Å². The Balaban J connectivity index is 1.59. The smallest absolute Gasteiger partial charge is 0.251 e. The molecule has 0 saturated carbocycles. The fourth-order valence-electron chi connectivity index (χ4n) is 4.09. The second-order valence-electron chi connectivity index (χ2n) is 8.24. The number of benzene rings is 2. The Hall–Kier alpha value is -3.37. The van der Waals surface area contributed by atoms with Crippen LogP contribution < -0.4 is 4.74 Å². The van der Waals surface area contributed by atoms with Crippen molar-refractivity contribution in [1.29, 1.82) is 0 Å². The Morgan fingerprint density at radius 3 is 2.69 bits per heavy atom. The number of thioether (sulfide) groups is 1.